The second-order valence-electron chi connectivity index (χ2n) is 5.57. The van der Waals surface area contributed by atoms with Crippen LogP contribution in [-0.2, 0) is 17.3 Å². The van der Waals surface area contributed by atoms with Gasteiger partial charge in [0, 0.05) is 58.1 Å². The predicted octanol–water partition coefficient (Wildman–Crippen LogP) is 0.770. The number of nitrogens with zero attached hydrogens (tertiary/aromatic N) is 3. The smallest absolute Gasteiger partial charge is 0.258 e. The van der Waals surface area contributed by atoms with Gasteiger partial charge in [-0.05, 0) is 13.3 Å². The van der Waals surface area contributed by atoms with Crippen LogP contribution in [0, 0.1) is 6.92 Å². The number of aromatic nitrogens is 2. The molecule has 2 fully saturated rings. The van der Waals surface area contributed by atoms with Gasteiger partial charge in [0.2, 0.25) is 0 Å². The highest BCUT2D eigenvalue weighted by atomic mass is 32.2. The zero-order chi connectivity index (χ0) is 13.9. The Bertz CT molecular complexity index is 767. The van der Waals surface area contributed by atoms with Gasteiger partial charge in [-0.1, -0.05) is 0 Å². The Morgan fingerprint density at radius 1 is 1.55 bits per heavy atom. The van der Waals surface area contributed by atoms with Gasteiger partial charge in [0.1, 0.15) is 0 Å². The molecule has 0 radical (unpaired) electrons. The van der Waals surface area contributed by atoms with Crippen molar-refractivity contribution in [3.8, 4) is 0 Å². The maximum atomic E-state index is 12.1. The molecule has 0 amide bonds. The van der Waals surface area contributed by atoms with Crippen LogP contribution in [0.1, 0.15) is 17.0 Å². The number of hydrogen-bond donors (Lipinski definition) is 0. The first kappa shape index (κ1) is 12.7. The van der Waals surface area contributed by atoms with Gasteiger partial charge in [0.05, 0.1) is 5.69 Å². The van der Waals surface area contributed by atoms with Gasteiger partial charge in [-0.3, -0.25) is 18.3 Å². The molecule has 4 rings (SSSR count). The molecule has 4 heterocycles. The standard InChI is InChI=1S/C13H15N3O2S2/c1-8-4-16-12(17)2-9(14-13(16)19-8)5-15-6-11-3-10(15)7-20(11)18/h2,4,10-11H,3,5-7H2,1H3/t10-,11-,20?/m0/s1. The summed E-state index contributed by atoms with van der Waals surface area (Å²) in [5.41, 5.74) is 0.817. The Kier molecular flexibility index (Phi) is 2.84. The Morgan fingerprint density at radius 2 is 2.40 bits per heavy atom. The fourth-order valence-corrected chi connectivity index (χ4v) is 5.81. The maximum absolute atomic E-state index is 12.1. The van der Waals surface area contributed by atoms with Gasteiger partial charge in [0.15, 0.2) is 4.96 Å². The SMILES string of the molecule is Cc1cn2c(=O)cc(CN3C[C@@H]4C[C@H]3CS4=O)nc2s1. The molecule has 0 spiro atoms. The van der Waals surface area contributed by atoms with Gasteiger partial charge in [-0.25, -0.2) is 4.98 Å². The summed E-state index contributed by atoms with van der Waals surface area (Å²) in [4.78, 5) is 20.8. The molecule has 1 unspecified atom stereocenters. The molecular weight excluding hydrogens is 294 g/mol. The fourth-order valence-electron chi connectivity index (χ4n) is 3.17. The first-order chi connectivity index (χ1) is 9.60. The van der Waals surface area contributed by atoms with Gasteiger partial charge >= 0.3 is 0 Å². The summed E-state index contributed by atoms with van der Waals surface area (Å²) in [5, 5.41) is 0.328. The van der Waals surface area contributed by atoms with E-state index in [-0.39, 0.29) is 5.56 Å². The maximum Gasteiger partial charge on any atom is 0.258 e. The van der Waals surface area contributed by atoms with E-state index >= 15 is 0 Å². The molecule has 3 atom stereocenters. The largest absolute Gasteiger partial charge is 0.292 e. The van der Waals surface area contributed by atoms with Gasteiger partial charge in [-0.15, -0.1) is 11.3 Å². The summed E-state index contributed by atoms with van der Waals surface area (Å²) in [5.74, 6) is 0.782. The molecule has 0 aromatic carbocycles. The van der Waals surface area contributed by atoms with Crippen LogP contribution < -0.4 is 5.56 Å². The van der Waals surface area contributed by atoms with Crippen molar-refractivity contribution in [2.24, 2.45) is 0 Å². The summed E-state index contributed by atoms with van der Waals surface area (Å²) in [7, 11) is -0.639. The van der Waals surface area contributed by atoms with Crippen molar-refractivity contribution in [2.75, 3.05) is 12.3 Å². The zero-order valence-corrected chi connectivity index (χ0v) is 12.7. The van der Waals surface area contributed by atoms with Crippen LogP contribution in [0.5, 0.6) is 0 Å². The third kappa shape index (κ3) is 1.96. The Hall–Kier alpha value is -1.05. The van der Waals surface area contributed by atoms with Crippen molar-refractivity contribution >= 4 is 27.1 Å². The van der Waals surface area contributed by atoms with E-state index in [4.69, 9.17) is 0 Å². The monoisotopic (exact) mass is 309 g/mol. The summed E-state index contributed by atoms with van der Waals surface area (Å²) >= 11 is 1.54. The third-order valence-electron chi connectivity index (χ3n) is 4.12. The molecule has 5 nitrogen and oxygen atoms in total. The van der Waals surface area contributed by atoms with Crippen molar-refractivity contribution in [2.45, 2.75) is 31.2 Å². The lowest BCUT2D eigenvalue weighted by Crippen LogP contribution is -2.38. The molecule has 2 aliphatic rings. The lowest BCUT2D eigenvalue weighted by Gasteiger charge is -2.25. The highest BCUT2D eigenvalue weighted by molar-refractivity contribution is 7.86. The Balaban J connectivity index is 1.63. The van der Waals surface area contributed by atoms with Crippen LogP contribution in [0.15, 0.2) is 17.1 Å². The lowest BCUT2D eigenvalue weighted by atomic mass is 10.2. The van der Waals surface area contributed by atoms with E-state index in [1.165, 1.54) is 11.3 Å². The first-order valence-corrected chi connectivity index (χ1v) is 8.90. The van der Waals surface area contributed by atoms with Crippen LogP contribution in [0.4, 0.5) is 0 Å². The fraction of sp³-hybridized carbons (Fsp3) is 0.538. The van der Waals surface area contributed by atoms with Crippen molar-refractivity contribution in [3.63, 3.8) is 0 Å². The average molecular weight is 309 g/mol. The molecule has 2 saturated heterocycles. The van der Waals surface area contributed by atoms with E-state index in [0.717, 1.165) is 34.3 Å². The highest BCUT2D eigenvalue weighted by Crippen LogP contribution is 2.31. The Morgan fingerprint density at radius 3 is 3.10 bits per heavy atom. The van der Waals surface area contributed by atoms with Crippen molar-refractivity contribution in [1.29, 1.82) is 0 Å². The number of aryl methyl sites for hydroxylation is 1. The number of likely N-dealkylation sites (tertiary alicyclic amines) is 1. The normalized spacial score (nSPS) is 29.6. The zero-order valence-electron chi connectivity index (χ0n) is 11.1. The molecule has 2 bridgehead atoms. The van der Waals surface area contributed by atoms with E-state index in [1.54, 1.807) is 10.5 Å². The van der Waals surface area contributed by atoms with E-state index < -0.39 is 10.8 Å². The van der Waals surface area contributed by atoms with Crippen LogP contribution in [0.25, 0.3) is 4.96 Å². The second kappa shape index (κ2) is 4.47. The predicted molar refractivity (Wildman–Crippen MR) is 79.7 cm³/mol. The second-order valence-corrected chi connectivity index (χ2v) is 8.54. The number of thiazole rings is 1. The number of rotatable bonds is 2. The summed E-state index contributed by atoms with van der Waals surface area (Å²) in [6.45, 7) is 3.55. The minimum Gasteiger partial charge on any atom is -0.292 e. The van der Waals surface area contributed by atoms with Crippen LogP contribution >= 0.6 is 11.3 Å². The minimum atomic E-state index is -0.639. The molecule has 0 saturated carbocycles. The van der Waals surface area contributed by atoms with E-state index in [9.17, 15) is 9.00 Å². The van der Waals surface area contributed by atoms with E-state index in [1.807, 2.05) is 13.1 Å². The number of fused-ring (bicyclic) bond motifs is 3. The molecule has 2 aromatic heterocycles. The Labute approximate surface area is 122 Å². The van der Waals surface area contributed by atoms with Gasteiger partial charge in [0.25, 0.3) is 5.56 Å². The number of hydrogen-bond acceptors (Lipinski definition) is 5. The summed E-state index contributed by atoms with van der Waals surface area (Å²) in [6, 6.07) is 2.04. The molecule has 20 heavy (non-hydrogen) atoms. The average Bonchev–Trinajstić information content (AvgIpc) is 3.02. The third-order valence-corrected chi connectivity index (χ3v) is 6.82. The molecule has 2 aromatic rings. The van der Waals surface area contributed by atoms with Crippen molar-refractivity contribution in [3.05, 3.63) is 33.2 Å². The molecule has 0 aliphatic carbocycles. The molecular formula is C13H15N3O2S2. The van der Waals surface area contributed by atoms with E-state index in [2.05, 4.69) is 9.88 Å². The topological polar surface area (TPSA) is 54.7 Å². The highest BCUT2D eigenvalue weighted by Gasteiger charge is 2.42. The molecule has 0 N–H and O–H groups in total. The molecule has 2 aliphatic heterocycles. The van der Waals surface area contributed by atoms with Gasteiger partial charge in [-0.2, -0.15) is 0 Å². The van der Waals surface area contributed by atoms with E-state index in [0.29, 0.717) is 17.8 Å². The first-order valence-electron chi connectivity index (χ1n) is 6.70. The van der Waals surface area contributed by atoms with Crippen molar-refractivity contribution < 1.29 is 4.21 Å². The van der Waals surface area contributed by atoms with Crippen LogP contribution in [0.2, 0.25) is 0 Å². The summed E-state index contributed by atoms with van der Waals surface area (Å²) < 4.78 is 13.3. The van der Waals surface area contributed by atoms with Gasteiger partial charge < -0.3 is 0 Å². The quantitative estimate of drug-likeness (QED) is 0.822. The van der Waals surface area contributed by atoms with Crippen LogP contribution in [0.3, 0.4) is 0 Å². The molecule has 106 valence electrons. The summed E-state index contributed by atoms with van der Waals surface area (Å²) in [6.07, 6.45) is 2.87. The molecule has 7 heteroatoms. The minimum absolute atomic E-state index is 0.0118. The van der Waals surface area contributed by atoms with Crippen LogP contribution in [-0.4, -0.2) is 42.1 Å². The van der Waals surface area contributed by atoms with Crippen molar-refractivity contribution in [1.82, 2.24) is 14.3 Å². The lowest BCUT2D eigenvalue weighted by molar-refractivity contribution is 0.256.